The number of hydrogen-bond donors (Lipinski definition) is 2. The Morgan fingerprint density at radius 1 is 1.10 bits per heavy atom. The van der Waals surface area contributed by atoms with Crippen molar-refractivity contribution >= 4 is 17.5 Å². The molecule has 2 rings (SSSR count). The number of rotatable bonds is 5. The predicted octanol–water partition coefficient (Wildman–Crippen LogP) is 2.60. The molecule has 2 N–H and O–H groups in total. The molecule has 0 atom stereocenters. The monoisotopic (exact) mass is 296 g/mol. The molecule has 0 bridgehead atoms. The number of amides is 2. The first-order chi connectivity index (χ1) is 10.0. The van der Waals surface area contributed by atoms with Gasteiger partial charge in [-0.15, -0.1) is 0 Å². The second kappa shape index (κ2) is 7.15. The minimum atomic E-state index is -1.03. The van der Waals surface area contributed by atoms with E-state index in [1.807, 2.05) is 0 Å². The summed E-state index contributed by atoms with van der Waals surface area (Å²) in [6.45, 7) is -0.176. The Morgan fingerprint density at radius 2 is 1.81 bits per heavy atom. The minimum absolute atomic E-state index is 0.151. The SMILES string of the molecule is O=C(CC1CCCC1)NCC(=O)Nc1ccc(F)c(F)c1. The summed E-state index contributed by atoms with van der Waals surface area (Å²) in [5, 5.41) is 4.94. The van der Waals surface area contributed by atoms with Gasteiger partial charge in [0.25, 0.3) is 0 Å². The molecular weight excluding hydrogens is 278 g/mol. The van der Waals surface area contributed by atoms with E-state index in [0.717, 1.165) is 37.8 Å². The minimum Gasteiger partial charge on any atom is -0.347 e. The van der Waals surface area contributed by atoms with Gasteiger partial charge >= 0.3 is 0 Å². The number of carbonyl (C=O) groups is 2. The molecule has 1 aliphatic carbocycles. The molecule has 1 fully saturated rings. The summed E-state index contributed by atoms with van der Waals surface area (Å²) in [6, 6.07) is 3.09. The lowest BCUT2D eigenvalue weighted by Crippen LogP contribution is -2.33. The van der Waals surface area contributed by atoms with Crippen LogP contribution in [0.25, 0.3) is 0 Å². The highest BCUT2D eigenvalue weighted by Gasteiger charge is 2.18. The lowest BCUT2D eigenvalue weighted by Gasteiger charge is -2.10. The fourth-order valence-electron chi connectivity index (χ4n) is 2.51. The summed E-state index contributed by atoms with van der Waals surface area (Å²) in [5.74, 6) is -2.21. The molecule has 0 spiro atoms. The van der Waals surface area contributed by atoms with Gasteiger partial charge in [-0.05, 0) is 30.9 Å². The summed E-state index contributed by atoms with van der Waals surface area (Å²) in [5.41, 5.74) is 0.156. The maximum Gasteiger partial charge on any atom is 0.243 e. The summed E-state index contributed by atoms with van der Waals surface area (Å²) >= 11 is 0. The third-order valence-corrected chi connectivity index (χ3v) is 3.60. The molecule has 6 heteroatoms. The molecule has 0 aromatic heterocycles. The number of nitrogens with one attached hydrogen (secondary N) is 2. The zero-order chi connectivity index (χ0) is 15.2. The first-order valence-corrected chi connectivity index (χ1v) is 7.06. The molecular formula is C15H18F2N2O2. The van der Waals surface area contributed by atoms with Crippen molar-refractivity contribution in [1.82, 2.24) is 5.32 Å². The molecule has 114 valence electrons. The lowest BCUT2D eigenvalue weighted by atomic mass is 10.0. The molecule has 1 aliphatic rings. The Balaban J connectivity index is 1.73. The van der Waals surface area contributed by atoms with Gasteiger partial charge in [0.2, 0.25) is 11.8 Å². The summed E-state index contributed by atoms with van der Waals surface area (Å²) < 4.78 is 25.7. The molecule has 0 aliphatic heterocycles. The van der Waals surface area contributed by atoms with Gasteiger partial charge in [-0.2, -0.15) is 0 Å². The first kappa shape index (κ1) is 15.4. The van der Waals surface area contributed by atoms with Crippen LogP contribution in [0.5, 0.6) is 0 Å². The van der Waals surface area contributed by atoms with Crippen LogP contribution in [0, 0.1) is 17.6 Å². The van der Waals surface area contributed by atoms with E-state index in [4.69, 9.17) is 0 Å². The van der Waals surface area contributed by atoms with Crippen LogP contribution in [-0.4, -0.2) is 18.4 Å². The number of carbonyl (C=O) groups excluding carboxylic acids is 2. The van der Waals surface area contributed by atoms with E-state index < -0.39 is 17.5 Å². The first-order valence-electron chi connectivity index (χ1n) is 7.06. The Bertz CT molecular complexity index is 528. The second-order valence-corrected chi connectivity index (χ2v) is 5.31. The van der Waals surface area contributed by atoms with Crippen LogP contribution in [0.3, 0.4) is 0 Å². The van der Waals surface area contributed by atoms with Gasteiger partial charge in [-0.25, -0.2) is 8.78 Å². The number of benzene rings is 1. The molecule has 0 heterocycles. The highest BCUT2D eigenvalue weighted by molar-refractivity contribution is 5.94. The van der Waals surface area contributed by atoms with Crippen molar-refractivity contribution < 1.29 is 18.4 Å². The average Bonchev–Trinajstić information content (AvgIpc) is 2.93. The van der Waals surface area contributed by atoms with Gasteiger partial charge in [-0.1, -0.05) is 12.8 Å². The van der Waals surface area contributed by atoms with Crippen molar-refractivity contribution in [3.8, 4) is 0 Å². The third kappa shape index (κ3) is 4.81. The van der Waals surface area contributed by atoms with Crippen molar-refractivity contribution in [2.24, 2.45) is 5.92 Å². The van der Waals surface area contributed by atoms with Crippen molar-refractivity contribution in [1.29, 1.82) is 0 Å². The van der Waals surface area contributed by atoms with Crippen LogP contribution in [0.15, 0.2) is 18.2 Å². The van der Waals surface area contributed by atoms with Gasteiger partial charge in [-0.3, -0.25) is 9.59 Å². The van der Waals surface area contributed by atoms with E-state index in [1.54, 1.807) is 0 Å². The quantitative estimate of drug-likeness (QED) is 0.877. The van der Waals surface area contributed by atoms with E-state index in [1.165, 1.54) is 6.07 Å². The van der Waals surface area contributed by atoms with E-state index >= 15 is 0 Å². The number of anilines is 1. The van der Waals surface area contributed by atoms with Crippen molar-refractivity contribution in [2.75, 3.05) is 11.9 Å². The van der Waals surface area contributed by atoms with Crippen LogP contribution in [0.1, 0.15) is 32.1 Å². The largest absolute Gasteiger partial charge is 0.347 e. The maximum absolute atomic E-state index is 13.0. The number of halogens is 2. The lowest BCUT2D eigenvalue weighted by molar-refractivity contribution is -0.124. The van der Waals surface area contributed by atoms with Crippen molar-refractivity contribution in [2.45, 2.75) is 32.1 Å². The molecule has 4 nitrogen and oxygen atoms in total. The molecule has 1 aromatic rings. The van der Waals surface area contributed by atoms with Crippen molar-refractivity contribution in [3.63, 3.8) is 0 Å². The fraction of sp³-hybridized carbons (Fsp3) is 0.467. The van der Waals surface area contributed by atoms with E-state index in [2.05, 4.69) is 10.6 Å². The van der Waals surface area contributed by atoms with E-state index in [-0.39, 0.29) is 18.1 Å². The highest BCUT2D eigenvalue weighted by Crippen LogP contribution is 2.27. The molecule has 0 saturated heterocycles. The van der Waals surface area contributed by atoms with Crippen LogP contribution >= 0.6 is 0 Å². The number of hydrogen-bond acceptors (Lipinski definition) is 2. The second-order valence-electron chi connectivity index (χ2n) is 5.31. The summed E-state index contributed by atoms with van der Waals surface area (Å²) in [4.78, 5) is 23.3. The fourth-order valence-corrected chi connectivity index (χ4v) is 2.51. The van der Waals surface area contributed by atoms with Crippen LogP contribution < -0.4 is 10.6 Å². The summed E-state index contributed by atoms with van der Waals surface area (Å²) in [7, 11) is 0. The molecule has 1 aromatic carbocycles. The Morgan fingerprint density at radius 3 is 2.48 bits per heavy atom. The molecule has 0 unspecified atom stereocenters. The van der Waals surface area contributed by atoms with Crippen molar-refractivity contribution in [3.05, 3.63) is 29.8 Å². The Kier molecular flexibility index (Phi) is 5.25. The van der Waals surface area contributed by atoms with Gasteiger partial charge in [0, 0.05) is 18.2 Å². The van der Waals surface area contributed by atoms with Crippen LogP contribution in [0.4, 0.5) is 14.5 Å². The van der Waals surface area contributed by atoms with Gasteiger partial charge in [0.05, 0.1) is 6.54 Å². The topological polar surface area (TPSA) is 58.2 Å². The maximum atomic E-state index is 13.0. The Hall–Kier alpha value is -1.98. The standard InChI is InChI=1S/C15H18F2N2O2/c16-12-6-5-11(8-13(12)17)19-15(21)9-18-14(20)7-10-3-1-2-4-10/h5-6,8,10H,1-4,7,9H2,(H,18,20)(H,19,21). The van der Waals surface area contributed by atoms with Gasteiger partial charge in [0.1, 0.15) is 0 Å². The molecule has 2 amide bonds. The van der Waals surface area contributed by atoms with Gasteiger partial charge in [0.15, 0.2) is 11.6 Å². The third-order valence-electron chi connectivity index (χ3n) is 3.60. The molecule has 0 radical (unpaired) electrons. The van der Waals surface area contributed by atoms with E-state index in [9.17, 15) is 18.4 Å². The van der Waals surface area contributed by atoms with Gasteiger partial charge < -0.3 is 10.6 Å². The predicted molar refractivity (Wildman–Crippen MR) is 74.6 cm³/mol. The normalized spacial score (nSPS) is 15.0. The zero-order valence-corrected chi connectivity index (χ0v) is 11.6. The smallest absolute Gasteiger partial charge is 0.243 e. The molecule has 1 saturated carbocycles. The zero-order valence-electron chi connectivity index (χ0n) is 11.6. The summed E-state index contributed by atoms with van der Waals surface area (Å²) in [6.07, 6.45) is 4.89. The van der Waals surface area contributed by atoms with Crippen LogP contribution in [0.2, 0.25) is 0 Å². The average molecular weight is 296 g/mol. The van der Waals surface area contributed by atoms with Crippen LogP contribution in [-0.2, 0) is 9.59 Å². The van der Waals surface area contributed by atoms with E-state index in [0.29, 0.717) is 12.3 Å². The Labute approximate surface area is 121 Å². The molecule has 21 heavy (non-hydrogen) atoms. The highest BCUT2D eigenvalue weighted by atomic mass is 19.2.